The molecule has 166 valence electrons. The quantitative estimate of drug-likeness (QED) is 0.627. The van der Waals surface area contributed by atoms with Crippen molar-refractivity contribution in [2.24, 2.45) is 0 Å². The Bertz CT molecular complexity index is 926. The van der Waals surface area contributed by atoms with Crippen LogP contribution in [0.4, 0.5) is 28.9 Å². The molecule has 0 aromatic heterocycles. The summed E-state index contributed by atoms with van der Waals surface area (Å²) in [5, 5.41) is 4.62. The minimum Gasteiger partial charge on any atom is -0.493 e. The molecule has 3 rings (SSSR count). The molecule has 2 amide bonds. The van der Waals surface area contributed by atoms with Crippen LogP contribution in [0.15, 0.2) is 42.5 Å². The van der Waals surface area contributed by atoms with Gasteiger partial charge in [0.15, 0.2) is 0 Å². The van der Waals surface area contributed by atoms with Crippen LogP contribution >= 0.6 is 0 Å². The molecule has 1 fully saturated rings. The second-order valence-corrected chi connectivity index (χ2v) is 6.85. The van der Waals surface area contributed by atoms with E-state index in [1.54, 1.807) is 0 Å². The van der Waals surface area contributed by atoms with Gasteiger partial charge in [-0.3, -0.25) is 9.59 Å². The maximum Gasteiger partial charge on any atom is 0.418 e. The molecule has 2 N–H and O–H groups in total. The van der Waals surface area contributed by atoms with E-state index in [0.29, 0.717) is 25.2 Å². The van der Waals surface area contributed by atoms with Crippen LogP contribution in [-0.2, 0) is 20.5 Å². The lowest BCUT2D eigenvalue weighted by atomic mass is 10.1. The third-order valence-corrected chi connectivity index (χ3v) is 4.50. The Kier molecular flexibility index (Phi) is 7.11. The number of nitrogens with one attached hydrogen (secondary N) is 2. The van der Waals surface area contributed by atoms with E-state index in [9.17, 15) is 27.2 Å². The van der Waals surface area contributed by atoms with Crippen LogP contribution in [0.3, 0.4) is 0 Å². The van der Waals surface area contributed by atoms with E-state index < -0.39 is 41.2 Å². The molecule has 1 aliphatic rings. The summed E-state index contributed by atoms with van der Waals surface area (Å²) in [6.07, 6.45) is -4.44. The average Bonchev–Trinajstić information content (AvgIpc) is 3.25. The smallest absolute Gasteiger partial charge is 0.418 e. The Morgan fingerprint density at radius 1 is 1.10 bits per heavy atom. The van der Waals surface area contributed by atoms with E-state index in [-0.39, 0.29) is 18.7 Å². The van der Waals surface area contributed by atoms with Crippen molar-refractivity contribution >= 4 is 23.2 Å². The molecule has 0 aliphatic carbocycles. The van der Waals surface area contributed by atoms with Crippen molar-refractivity contribution in [1.82, 2.24) is 0 Å². The van der Waals surface area contributed by atoms with Gasteiger partial charge in [-0.05, 0) is 55.3 Å². The van der Waals surface area contributed by atoms with Crippen molar-refractivity contribution in [2.45, 2.75) is 31.5 Å². The molecule has 2 aromatic rings. The van der Waals surface area contributed by atoms with Gasteiger partial charge in [-0.25, -0.2) is 4.39 Å². The highest BCUT2D eigenvalue weighted by molar-refractivity contribution is 5.96. The summed E-state index contributed by atoms with van der Waals surface area (Å²) in [5.41, 5.74) is -1.58. The number of amides is 2. The Hall–Kier alpha value is -3.14. The zero-order chi connectivity index (χ0) is 22.4. The fraction of sp³-hybridized carbons (Fsp3) is 0.333. The van der Waals surface area contributed by atoms with E-state index in [4.69, 9.17) is 9.47 Å². The van der Waals surface area contributed by atoms with Crippen molar-refractivity contribution in [3.63, 3.8) is 0 Å². The Morgan fingerprint density at radius 3 is 2.48 bits per heavy atom. The summed E-state index contributed by atoms with van der Waals surface area (Å²) in [6.45, 7) is 0.329. The van der Waals surface area contributed by atoms with Crippen LogP contribution in [-0.4, -0.2) is 31.1 Å². The molecule has 2 aromatic carbocycles. The largest absolute Gasteiger partial charge is 0.493 e. The zero-order valence-electron chi connectivity index (χ0n) is 16.3. The van der Waals surface area contributed by atoms with Crippen molar-refractivity contribution in [1.29, 1.82) is 0 Å². The third-order valence-electron chi connectivity index (χ3n) is 4.50. The Morgan fingerprint density at radius 2 is 1.84 bits per heavy atom. The van der Waals surface area contributed by atoms with Gasteiger partial charge >= 0.3 is 6.18 Å². The van der Waals surface area contributed by atoms with Gasteiger partial charge in [-0.2, -0.15) is 13.2 Å². The molecule has 1 atom stereocenters. The maximum atomic E-state index is 13.5. The van der Waals surface area contributed by atoms with E-state index in [1.165, 1.54) is 30.3 Å². The number of rotatable bonds is 7. The maximum absolute atomic E-state index is 13.5. The number of anilines is 2. The van der Waals surface area contributed by atoms with Gasteiger partial charge in [0.25, 0.3) is 5.91 Å². The molecule has 31 heavy (non-hydrogen) atoms. The molecule has 1 unspecified atom stereocenters. The van der Waals surface area contributed by atoms with E-state index in [1.807, 2.05) is 0 Å². The first-order valence-corrected chi connectivity index (χ1v) is 9.54. The molecule has 6 nitrogen and oxygen atoms in total. The molecular formula is C21H20F4N2O4. The highest BCUT2D eigenvalue weighted by Crippen LogP contribution is 2.36. The number of ether oxygens (including phenoxy) is 2. The summed E-state index contributed by atoms with van der Waals surface area (Å²) in [5.74, 6) is -1.32. The first-order valence-electron chi connectivity index (χ1n) is 9.54. The van der Waals surface area contributed by atoms with Crippen molar-refractivity contribution in [3.05, 3.63) is 53.8 Å². The van der Waals surface area contributed by atoms with Crippen molar-refractivity contribution in [3.8, 4) is 5.75 Å². The minimum atomic E-state index is -4.75. The number of alkyl halides is 3. The number of hydrogen-bond donors (Lipinski definition) is 2. The van der Waals surface area contributed by atoms with Gasteiger partial charge in [0.1, 0.15) is 17.7 Å². The van der Waals surface area contributed by atoms with Crippen molar-refractivity contribution in [2.75, 3.05) is 23.8 Å². The van der Waals surface area contributed by atoms with Crippen LogP contribution in [0.5, 0.6) is 5.75 Å². The van der Waals surface area contributed by atoms with Crippen LogP contribution in [0.25, 0.3) is 0 Å². The van der Waals surface area contributed by atoms with Crippen LogP contribution in [0, 0.1) is 5.82 Å². The third kappa shape index (κ3) is 6.42. The number of halogens is 4. The molecule has 1 saturated heterocycles. The molecule has 0 saturated carbocycles. The second-order valence-electron chi connectivity index (χ2n) is 6.85. The van der Waals surface area contributed by atoms with Crippen LogP contribution in [0.1, 0.15) is 24.8 Å². The molecule has 0 spiro atoms. The molecule has 0 bridgehead atoms. The molecule has 0 radical (unpaired) electrons. The summed E-state index contributed by atoms with van der Waals surface area (Å²) in [6, 6.07) is 8.22. The minimum absolute atomic E-state index is 0.0505. The SMILES string of the molecule is O=C(CCOc1ccc(F)cc1)Nc1ccc(NC(=O)C2CCCO2)cc1C(F)(F)F. The van der Waals surface area contributed by atoms with E-state index in [2.05, 4.69) is 10.6 Å². The molecule has 1 heterocycles. The van der Waals surface area contributed by atoms with Gasteiger partial charge in [-0.1, -0.05) is 0 Å². The van der Waals surface area contributed by atoms with E-state index >= 15 is 0 Å². The molecule has 10 heteroatoms. The van der Waals surface area contributed by atoms with Crippen LogP contribution < -0.4 is 15.4 Å². The predicted octanol–water partition coefficient (Wildman–Crippen LogP) is 4.37. The highest BCUT2D eigenvalue weighted by atomic mass is 19.4. The Labute approximate surface area is 175 Å². The summed E-state index contributed by atoms with van der Waals surface area (Å²) in [4.78, 5) is 24.1. The lowest BCUT2D eigenvalue weighted by Gasteiger charge is -2.17. The fourth-order valence-electron chi connectivity index (χ4n) is 2.98. The number of carbonyl (C=O) groups is 2. The van der Waals surface area contributed by atoms with Gasteiger partial charge in [0.05, 0.1) is 24.3 Å². The van der Waals surface area contributed by atoms with Gasteiger partial charge < -0.3 is 20.1 Å². The standard InChI is InChI=1S/C21H20F4N2O4/c22-13-3-6-15(7-4-13)30-11-9-19(28)27-17-8-5-14(12-16(17)21(23,24)25)26-20(29)18-2-1-10-31-18/h3-8,12,18H,1-2,9-11H2,(H,26,29)(H,27,28). The lowest BCUT2D eigenvalue weighted by Crippen LogP contribution is -2.27. The van der Waals surface area contributed by atoms with Gasteiger partial charge in [0, 0.05) is 12.3 Å². The van der Waals surface area contributed by atoms with Crippen LogP contribution in [0.2, 0.25) is 0 Å². The number of carbonyl (C=O) groups excluding carboxylic acids is 2. The number of hydrogen-bond acceptors (Lipinski definition) is 4. The van der Waals surface area contributed by atoms with Crippen molar-refractivity contribution < 1.29 is 36.6 Å². The normalized spacial score (nSPS) is 16.1. The first-order chi connectivity index (χ1) is 14.7. The van der Waals surface area contributed by atoms with Gasteiger partial charge in [0.2, 0.25) is 5.91 Å². The summed E-state index contributed by atoms with van der Waals surface area (Å²) < 4.78 is 63.8. The first kappa shape index (κ1) is 22.5. The monoisotopic (exact) mass is 440 g/mol. The summed E-state index contributed by atoms with van der Waals surface area (Å²) in [7, 11) is 0. The fourth-order valence-corrected chi connectivity index (χ4v) is 2.98. The molecular weight excluding hydrogens is 420 g/mol. The Balaban J connectivity index is 1.61. The van der Waals surface area contributed by atoms with Gasteiger partial charge in [-0.15, -0.1) is 0 Å². The topological polar surface area (TPSA) is 76.7 Å². The number of benzene rings is 2. The molecule has 1 aliphatic heterocycles. The summed E-state index contributed by atoms with van der Waals surface area (Å²) >= 11 is 0. The van der Waals surface area contributed by atoms with E-state index in [0.717, 1.165) is 12.1 Å². The lowest BCUT2D eigenvalue weighted by molar-refractivity contribution is -0.137. The second kappa shape index (κ2) is 9.78. The average molecular weight is 440 g/mol. The zero-order valence-corrected chi connectivity index (χ0v) is 16.3. The predicted molar refractivity (Wildman–Crippen MR) is 104 cm³/mol. The highest BCUT2D eigenvalue weighted by Gasteiger charge is 2.34.